The molecule has 1 saturated heterocycles. The van der Waals surface area contributed by atoms with E-state index in [4.69, 9.17) is 0 Å². The lowest BCUT2D eigenvalue weighted by Gasteiger charge is -2.18. The molecule has 6 heteroatoms. The summed E-state index contributed by atoms with van der Waals surface area (Å²) in [4.78, 5) is 36.0. The zero-order valence-electron chi connectivity index (χ0n) is 9.92. The second-order valence-corrected chi connectivity index (χ2v) is 5.42. The van der Waals surface area contributed by atoms with Crippen LogP contribution in [0.15, 0.2) is 24.3 Å². The highest BCUT2D eigenvalue weighted by Crippen LogP contribution is 2.45. The van der Waals surface area contributed by atoms with E-state index in [0.29, 0.717) is 12.8 Å². The number of carbonyl (C=O) groups excluding carboxylic acids is 3. The van der Waals surface area contributed by atoms with Crippen LogP contribution in [0, 0.1) is 0 Å². The molecule has 0 N–H and O–H groups in total. The minimum absolute atomic E-state index is 0.113. The number of hydrogen-bond acceptors (Lipinski definition) is 5. The number of allylic oxidation sites excluding steroid dienone is 2. The van der Waals surface area contributed by atoms with Crippen molar-refractivity contribution in [1.82, 2.24) is 4.90 Å². The van der Waals surface area contributed by atoms with Crippen molar-refractivity contribution in [3.63, 3.8) is 0 Å². The van der Waals surface area contributed by atoms with Crippen molar-refractivity contribution in [2.45, 2.75) is 17.6 Å². The molecule has 18 heavy (non-hydrogen) atoms. The fourth-order valence-corrected chi connectivity index (χ4v) is 3.12. The van der Waals surface area contributed by atoms with E-state index in [2.05, 4.69) is 4.74 Å². The van der Waals surface area contributed by atoms with Crippen LogP contribution in [-0.2, 0) is 14.3 Å². The van der Waals surface area contributed by atoms with Crippen LogP contribution in [-0.4, -0.2) is 40.4 Å². The Balaban J connectivity index is 2.02. The van der Waals surface area contributed by atoms with Crippen molar-refractivity contribution < 1.29 is 19.1 Å². The first kappa shape index (κ1) is 12.9. The maximum Gasteiger partial charge on any atom is 0.330 e. The van der Waals surface area contributed by atoms with Crippen LogP contribution in [0.2, 0.25) is 0 Å². The number of methoxy groups -OCH3 is 1. The predicted molar refractivity (Wildman–Crippen MR) is 67.0 cm³/mol. The van der Waals surface area contributed by atoms with Crippen molar-refractivity contribution in [3.05, 3.63) is 24.3 Å². The molecule has 1 fully saturated rings. The molecule has 0 aromatic rings. The lowest BCUT2D eigenvalue weighted by atomic mass is 10.1. The van der Waals surface area contributed by atoms with Gasteiger partial charge in [-0.15, -0.1) is 0 Å². The van der Waals surface area contributed by atoms with Gasteiger partial charge in [0, 0.05) is 12.6 Å². The Labute approximate surface area is 109 Å². The summed E-state index contributed by atoms with van der Waals surface area (Å²) >= 11 is 1.08. The average molecular weight is 267 g/mol. The Kier molecular flexibility index (Phi) is 3.56. The number of rotatable bonds is 3. The molecule has 0 unspecified atom stereocenters. The summed E-state index contributed by atoms with van der Waals surface area (Å²) in [6, 6.07) is 0. The van der Waals surface area contributed by atoms with E-state index in [1.807, 2.05) is 12.2 Å². The lowest BCUT2D eigenvalue weighted by molar-refractivity contribution is -0.135. The third-order valence-corrected chi connectivity index (χ3v) is 4.24. The minimum atomic E-state index is -0.629. The summed E-state index contributed by atoms with van der Waals surface area (Å²) in [5.74, 6) is -0.670. The molecule has 96 valence electrons. The van der Waals surface area contributed by atoms with Crippen LogP contribution in [0.3, 0.4) is 0 Å². The summed E-state index contributed by atoms with van der Waals surface area (Å²) in [5, 5.41) is -0.252. The molecule has 1 aliphatic heterocycles. The first-order valence-corrected chi connectivity index (χ1v) is 6.35. The summed E-state index contributed by atoms with van der Waals surface area (Å²) in [5.41, 5.74) is 0. The molecule has 2 amide bonds. The smallest absolute Gasteiger partial charge is 0.330 e. The van der Waals surface area contributed by atoms with Crippen LogP contribution in [0.25, 0.3) is 0 Å². The zero-order chi connectivity index (χ0) is 13.2. The summed E-state index contributed by atoms with van der Waals surface area (Å²) in [6.45, 7) is 0.113. The monoisotopic (exact) mass is 267 g/mol. The van der Waals surface area contributed by atoms with E-state index < -0.39 is 10.7 Å². The van der Waals surface area contributed by atoms with Crippen molar-refractivity contribution in [1.29, 1.82) is 0 Å². The second-order valence-electron chi connectivity index (χ2n) is 4.08. The van der Waals surface area contributed by atoms with Crippen LogP contribution in [0.5, 0.6) is 0 Å². The summed E-state index contributed by atoms with van der Waals surface area (Å²) in [7, 11) is 1.27. The predicted octanol–water partition coefficient (Wildman–Crippen LogP) is 1.50. The van der Waals surface area contributed by atoms with Gasteiger partial charge in [-0.25, -0.2) is 4.79 Å². The Morgan fingerprint density at radius 1 is 1.50 bits per heavy atom. The van der Waals surface area contributed by atoms with Gasteiger partial charge in [-0.2, -0.15) is 0 Å². The molecule has 2 aliphatic rings. The normalized spacial score (nSPS) is 21.5. The fraction of sp³-hybridized carbons (Fsp3) is 0.417. The Morgan fingerprint density at radius 3 is 2.78 bits per heavy atom. The number of esters is 1. The van der Waals surface area contributed by atoms with Crippen LogP contribution in [0.4, 0.5) is 4.79 Å². The Hall–Kier alpha value is -1.56. The Morgan fingerprint density at radius 2 is 2.17 bits per heavy atom. The first-order valence-electron chi connectivity index (χ1n) is 5.53. The number of imide groups is 1. The van der Waals surface area contributed by atoms with Crippen molar-refractivity contribution in [2.24, 2.45) is 0 Å². The van der Waals surface area contributed by atoms with Crippen molar-refractivity contribution >= 4 is 28.9 Å². The largest absolute Gasteiger partial charge is 0.466 e. The van der Waals surface area contributed by atoms with Gasteiger partial charge in [-0.05, 0) is 24.6 Å². The van der Waals surface area contributed by atoms with E-state index >= 15 is 0 Å². The second kappa shape index (κ2) is 4.97. The average Bonchev–Trinajstić information content (AvgIpc) is 2.90. The van der Waals surface area contributed by atoms with Gasteiger partial charge in [-0.1, -0.05) is 18.2 Å². The van der Waals surface area contributed by atoms with Crippen LogP contribution in [0.1, 0.15) is 12.8 Å². The number of hydrogen-bond donors (Lipinski definition) is 0. The van der Waals surface area contributed by atoms with Gasteiger partial charge in [0.05, 0.1) is 7.11 Å². The van der Waals surface area contributed by atoms with Gasteiger partial charge in [0.25, 0.3) is 5.24 Å². The summed E-state index contributed by atoms with van der Waals surface area (Å²) < 4.78 is 3.80. The molecular weight excluding hydrogens is 254 g/mol. The highest BCUT2D eigenvalue weighted by Gasteiger charge is 2.52. The lowest BCUT2D eigenvalue weighted by Crippen LogP contribution is -2.38. The standard InChI is InChI=1S/C12H13NO4S/c1-17-9(14)5-4-8-13-10(15)12(18-11(13)16)6-2-3-7-12/h2-5H,6-8H2,1H3/b5-4+. The molecule has 1 aliphatic carbocycles. The summed E-state index contributed by atoms with van der Waals surface area (Å²) in [6.07, 6.45) is 7.71. The molecule has 0 aromatic heterocycles. The van der Waals surface area contributed by atoms with E-state index in [1.165, 1.54) is 24.2 Å². The van der Waals surface area contributed by atoms with Gasteiger partial charge in [0.2, 0.25) is 5.91 Å². The number of nitrogens with zero attached hydrogens (tertiary/aromatic N) is 1. The number of ether oxygens (including phenoxy) is 1. The van der Waals surface area contributed by atoms with Gasteiger partial charge in [0.1, 0.15) is 4.75 Å². The van der Waals surface area contributed by atoms with Crippen LogP contribution >= 0.6 is 11.8 Å². The van der Waals surface area contributed by atoms with E-state index in [1.54, 1.807) is 0 Å². The molecule has 1 spiro atoms. The SMILES string of the molecule is COC(=O)/C=C/CN1C(=O)SC2(CC=CC2)C1=O. The van der Waals surface area contributed by atoms with Crippen molar-refractivity contribution in [2.75, 3.05) is 13.7 Å². The maximum absolute atomic E-state index is 12.2. The quantitative estimate of drug-likeness (QED) is 0.440. The molecule has 0 atom stereocenters. The molecular formula is C12H13NO4S. The van der Waals surface area contributed by atoms with Crippen molar-refractivity contribution in [3.8, 4) is 0 Å². The molecule has 0 radical (unpaired) electrons. The number of thioether (sulfide) groups is 1. The Bertz CT molecular complexity index is 447. The number of amides is 2. The molecule has 0 aromatic carbocycles. The third kappa shape index (κ3) is 2.20. The molecule has 0 saturated carbocycles. The number of carbonyl (C=O) groups is 3. The van der Waals surface area contributed by atoms with Gasteiger partial charge in [0.15, 0.2) is 0 Å². The van der Waals surface area contributed by atoms with E-state index in [9.17, 15) is 14.4 Å². The maximum atomic E-state index is 12.2. The van der Waals surface area contributed by atoms with E-state index in [-0.39, 0.29) is 17.7 Å². The fourth-order valence-electron chi connectivity index (χ4n) is 1.96. The third-order valence-electron chi connectivity index (χ3n) is 2.94. The molecule has 2 rings (SSSR count). The minimum Gasteiger partial charge on any atom is -0.466 e. The zero-order valence-corrected chi connectivity index (χ0v) is 10.7. The van der Waals surface area contributed by atoms with Gasteiger partial charge >= 0.3 is 5.97 Å². The molecule has 5 nitrogen and oxygen atoms in total. The van der Waals surface area contributed by atoms with Crippen LogP contribution < -0.4 is 0 Å². The molecule has 1 heterocycles. The first-order chi connectivity index (χ1) is 8.59. The highest BCUT2D eigenvalue weighted by molar-refractivity contribution is 8.16. The highest BCUT2D eigenvalue weighted by atomic mass is 32.2. The topological polar surface area (TPSA) is 63.7 Å². The molecule has 0 bridgehead atoms. The van der Waals surface area contributed by atoms with E-state index in [0.717, 1.165) is 11.8 Å². The van der Waals surface area contributed by atoms with Gasteiger partial charge < -0.3 is 4.74 Å². The van der Waals surface area contributed by atoms with Gasteiger partial charge in [-0.3, -0.25) is 14.5 Å².